The van der Waals surface area contributed by atoms with Crippen LogP contribution >= 0.6 is 0 Å². The standard InChI is InChI=1S/C18H22N2O2S/c1-15(13-19-23(21,22)18-9-3-2-4-10-18)20-12-11-16-7-5-6-8-17(16)14-20/h2-10,15,19H,11-14H2,1H3/t15-/m0/s1. The fourth-order valence-corrected chi connectivity index (χ4v) is 4.08. The summed E-state index contributed by atoms with van der Waals surface area (Å²) in [6.45, 7) is 4.33. The number of hydrogen-bond acceptors (Lipinski definition) is 3. The van der Waals surface area contributed by atoms with Crippen molar-refractivity contribution in [3.05, 3.63) is 65.7 Å². The number of nitrogens with one attached hydrogen (secondary N) is 1. The van der Waals surface area contributed by atoms with Crippen LogP contribution in [0.15, 0.2) is 59.5 Å². The van der Waals surface area contributed by atoms with Gasteiger partial charge in [-0.1, -0.05) is 42.5 Å². The highest BCUT2D eigenvalue weighted by Crippen LogP contribution is 2.20. The number of hydrogen-bond donors (Lipinski definition) is 1. The second-order valence-corrected chi connectivity index (χ2v) is 7.77. The van der Waals surface area contributed by atoms with E-state index in [2.05, 4.69) is 40.8 Å². The maximum Gasteiger partial charge on any atom is 0.240 e. The molecule has 0 saturated heterocycles. The lowest BCUT2D eigenvalue weighted by atomic mass is 9.99. The summed E-state index contributed by atoms with van der Waals surface area (Å²) in [7, 11) is -3.43. The zero-order chi connectivity index (χ0) is 16.3. The molecular formula is C18H22N2O2S. The lowest BCUT2D eigenvalue weighted by molar-refractivity contribution is 0.192. The third-order valence-corrected chi connectivity index (χ3v) is 5.85. The molecule has 0 spiro atoms. The van der Waals surface area contributed by atoms with Crippen LogP contribution < -0.4 is 4.72 Å². The van der Waals surface area contributed by atoms with Crippen molar-refractivity contribution < 1.29 is 8.42 Å². The van der Waals surface area contributed by atoms with Gasteiger partial charge in [0.2, 0.25) is 10.0 Å². The molecule has 122 valence electrons. The van der Waals surface area contributed by atoms with E-state index in [0.29, 0.717) is 11.4 Å². The fourth-order valence-electron chi connectivity index (χ4n) is 2.94. The van der Waals surface area contributed by atoms with E-state index >= 15 is 0 Å². The highest BCUT2D eigenvalue weighted by molar-refractivity contribution is 7.89. The van der Waals surface area contributed by atoms with Gasteiger partial charge in [0.25, 0.3) is 0 Å². The Bertz CT molecular complexity index is 760. The second kappa shape index (κ2) is 6.83. The van der Waals surface area contributed by atoms with Gasteiger partial charge in [-0.25, -0.2) is 13.1 Å². The van der Waals surface area contributed by atoms with E-state index in [1.54, 1.807) is 24.3 Å². The molecule has 2 aromatic carbocycles. The van der Waals surface area contributed by atoms with E-state index in [-0.39, 0.29) is 6.04 Å². The number of sulfonamides is 1. The molecule has 1 N–H and O–H groups in total. The molecule has 3 rings (SSSR count). The molecule has 5 heteroatoms. The van der Waals surface area contributed by atoms with Gasteiger partial charge >= 0.3 is 0 Å². The van der Waals surface area contributed by atoms with Crippen LogP contribution in [0.2, 0.25) is 0 Å². The summed E-state index contributed by atoms with van der Waals surface area (Å²) in [5.74, 6) is 0. The zero-order valence-corrected chi connectivity index (χ0v) is 14.1. The zero-order valence-electron chi connectivity index (χ0n) is 13.3. The molecule has 1 aliphatic heterocycles. The molecule has 0 bridgehead atoms. The van der Waals surface area contributed by atoms with Gasteiger partial charge in [0.1, 0.15) is 0 Å². The van der Waals surface area contributed by atoms with E-state index in [1.165, 1.54) is 11.1 Å². The van der Waals surface area contributed by atoms with Crippen LogP contribution in [-0.2, 0) is 23.0 Å². The number of fused-ring (bicyclic) bond motifs is 1. The van der Waals surface area contributed by atoms with Crippen molar-refractivity contribution in [2.24, 2.45) is 0 Å². The first kappa shape index (κ1) is 16.2. The third-order valence-electron chi connectivity index (χ3n) is 4.41. The quantitative estimate of drug-likeness (QED) is 0.916. The molecule has 0 amide bonds. The second-order valence-electron chi connectivity index (χ2n) is 6.00. The van der Waals surface area contributed by atoms with Crippen molar-refractivity contribution in [1.82, 2.24) is 9.62 Å². The topological polar surface area (TPSA) is 49.4 Å². The van der Waals surface area contributed by atoms with Crippen molar-refractivity contribution >= 4 is 10.0 Å². The third kappa shape index (κ3) is 3.80. The van der Waals surface area contributed by atoms with E-state index in [4.69, 9.17) is 0 Å². The minimum atomic E-state index is -3.43. The molecule has 0 aliphatic carbocycles. The van der Waals surface area contributed by atoms with Crippen LogP contribution in [0.5, 0.6) is 0 Å². The largest absolute Gasteiger partial charge is 0.295 e. The molecule has 0 radical (unpaired) electrons. The highest BCUT2D eigenvalue weighted by Gasteiger charge is 2.22. The number of nitrogens with zero attached hydrogens (tertiary/aromatic N) is 1. The van der Waals surface area contributed by atoms with Crippen molar-refractivity contribution in [2.45, 2.75) is 30.8 Å². The monoisotopic (exact) mass is 330 g/mol. The van der Waals surface area contributed by atoms with E-state index in [1.807, 2.05) is 6.07 Å². The average Bonchev–Trinajstić information content (AvgIpc) is 2.60. The molecular weight excluding hydrogens is 308 g/mol. The Morgan fingerprint density at radius 3 is 2.43 bits per heavy atom. The van der Waals surface area contributed by atoms with Crippen molar-refractivity contribution in [2.75, 3.05) is 13.1 Å². The molecule has 0 fully saturated rings. The summed E-state index contributed by atoms with van der Waals surface area (Å²) in [6, 6.07) is 17.1. The van der Waals surface area contributed by atoms with E-state index < -0.39 is 10.0 Å². The summed E-state index contributed by atoms with van der Waals surface area (Å²) in [4.78, 5) is 2.65. The Morgan fingerprint density at radius 2 is 1.70 bits per heavy atom. The van der Waals surface area contributed by atoms with Gasteiger partial charge in [-0.2, -0.15) is 0 Å². The predicted molar refractivity (Wildman–Crippen MR) is 91.6 cm³/mol. The fraction of sp³-hybridized carbons (Fsp3) is 0.333. The van der Waals surface area contributed by atoms with Crippen LogP contribution in [0, 0.1) is 0 Å². The van der Waals surface area contributed by atoms with Crippen molar-refractivity contribution in [3.63, 3.8) is 0 Å². The van der Waals surface area contributed by atoms with Crippen LogP contribution in [0.4, 0.5) is 0 Å². The molecule has 0 unspecified atom stereocenters. The van der Waals surface area contributed by atoms with Crippen LogP contribution in [-0.4, -0.2) is 32.4 Å². The Balaban J connectivity index is 1.61. The Morgan fingerprint density at radius 1 is 1.04 bits per heavy atom. The maximum atomic E-state index is 12.3. The van der Waals surface area contributed by atoms with Crippen LogP contribution in [0.3, 0.4) is 0 Å². The summed E-state index contributed by atoms with van der Waals surface area (Å²) >= 11 is 0. The van der Waals surface area contributed by atoms with Crippen LogP contribution in [0.25, 0.3) is 0 Å². The molecule has 1 heterocycles. The van der Waals surface area contributed by atoms with Gasteiger partial charge in [-0.05, 0) is 36.6 Å². The van der Waals surface area contributed by atoms with Crippen LogP contribution in [0.1, 0.15) is 18.1 Å². The average molecular weight is 330 g/mol. The summed E-state index contributed by atoms with van der Waals surface area (Å²) in [6.07, 6.45) is 1.02. The van der Waals surface area contributed by atoms with Gasteiger partial charge in [0.05, 0.1) is 4.90 Å². The normalized spacial score (nSPS) is 16.7. The molecule has 1 aliphatic rings. The van der Waals surface area contributed by atoms with Gasteiger partial charge in [-0.15, -0.1) is 0 Å². The molecule has 1 atom stereocenters. The summed E-state index contributed by atoms with van der Waals surface area (Å²) in [5.41, 5.74) is 2.75. The molecule has 4 nitrogen and oxygen atoms in total. The summed E-state index contributed by atoms with van der Waals surface area (Å²) in [5, 5.41) is 0. The van der Waals surface area contributed by atoms with Crippen molar-refractivity contribution in [3.8, 4) is 0 Å². The SMILES string of the molecule is C[C@@H](CNS(=O)(=O)c1ccccc1)N1CCc2ccccc2C1. The van der Waals surface area contributed by atoms with E-state index in [9.17, 15) is 8.42 Å². The first-order chi connectivity index (χ1) is 11.1. The number of rotatable bonds is 5. The Labute approximate surface area is 138 Å². The summed E-state index contributed by atoms with van der Waals surface area (Å²) < 4.78 is 27.3. The lowest BCUT2D eigenvalue weighted by Crippen LogP contribution is -2.44. The minimum absolute atomic E-state index is 0.154. The van der Waals surface area contributed by atoms with Gasteiger partial charge < -0.3 is 0 Å². The maximum absolute atomic E-state index is 12.3. The molecule has 0 saturated carbocycles. The smallest absolute Gasteiger partial charge is 0.240 e. The van der Waals surface area contributed by atoms with Gasteiger partial charge in [0.15, 0.2) is 0 Å². The van der Waals surface area contributed by atoms with Gasteiger partial charge in [0, 0.05) is 25.7 Å². The first-order valence-electron chi connectivity index (χ1n) is 7.92. The predicted octanol–water partition coefficient (Wildman–Crippen LogP) is 2.41. The lowest BCUT2D eigenvalue weighted by Gasteiger charge is -2.33. The molecule has 23 heavy (non-hydrogen) atoms. The number of benzene rings is 2. The van der Waals surface area contributed by atoms with Crippen molar-refractivity contribution in [1.29, 1.82) is 0 Å². The van der Waals surface area contributed by atoms with E-state index in [0.717, 1.165) is 19.5 Å². The molecule has 0 aromatic heterocycles. The minimum Gasteiger partial charge on any atom is -0.295 e. The Kier molecular flexibility index (Phi) is 4.80. The Hall–Kier alpha value is -1.69. The molecule has 2 aromatic rings. The first-order valence-corrected chi connectivity index (χ1v) is 9.40. The highest BCUT2D eigenvalue weighted by atomic mass is 32.2. The van der Waals surface area contributed by atoms with Gasteiger partial charge in [-0.3, -0.25) is 4.90 Å².